The van der Waals surface area contributed by atoms with Crippen LogP contribution in [0.2, 0.25) is 0 Å². The smallest absolute Gasteiger partial charge is 0.0169 e. The first-order chi connectivity index (χ1) is 11.2. The van der Waals surface area contributed by atoms with Gasteiger partial charge in [-0.05, 0) is 61.0 Å². The molecule has 1 fully saturated rings. The molecule has 1 saturated heterocycles. The van der Waals surface area contributed by atoms with E-state index in [1.165, 1.54) is 48.2 Å². The van der Waals surface area contributed by atoms with E-state index in [4.69, 9.17) is 0 Å². The van der Waals surface area contributed by atoms with Crippen molar-refractivity contribution in [1.29, 1.82) is 0 Å². The maximum absolute atomic E-state index is 2.57. The maximum Gasteiger partial charge on any atom is 0.0169 e. The molecule has 2 aromatic rings. The molecule has 1 heteroatoms. The van der Waals surface area contributed by atoms with Crippen LogP contribution in [0.4, 0.5) is 0 Å². The lowest BCUT2D eigenvalue weighted by Crippen LogP contribution is -2.32. The number of hydrogen-bond acceptors (Lipinski definition) is 1. The largest absolute Gasteiger partial charge is 0.300 e. The van der Waals surface area contributed by atoms with Gasteiger partial charge >= 0.3 is 0 Å². The average molecular weight is 305 g/mol. The molecule has 0 bridgehead atoms. The van der Waals surface area contributed by atoms with Crippen molar-refractivity contribution in [2.45, 2.75) is 26.7 Å². The number of rotatable bonds is 4. The summed E-state index contributed by atoms with van der Waals surface area (Å²) < 4.78 is 0. The van der Waals surface area contributed by atoms with E-state index in [1.807, 2.05) is 0 Å². The molecule has 0 unspecified atom stereocenters. The van der Waals surface area contributed by atoms with Gasteiger partial charge in [-0.1, -0.05) is 67.6 Å². The highest BCUT2D eigenvalue weighted by Crippen LogP contribution is 2.22. The van der Waals surface area contributed by atoms with E-state index in [2.05, 4.69) is 79.4 Å². The zero-order valence-corrected chi connectivity index (χ0v) is 14.3. The zero-order valence-electron chi connectivity index (χ0n) is 14.3. The minimum atomic E-state index is 0.904. The fourth-order valence-electron chi connectivity index (χ4n) is 3.18. The molecule has 0 radical (unpaired) electrons. The first-order valence-electron chi connectivity index (χ1n) is 8.77. The van der Waals surface area contributed by atoms with E-state index in [1.54, 1.807) is 0 Å². The lowest BCUT2D eigenvalue weighted by molar-refractivity contribution is 0.210. The molecule has 1 nitrogen and oxygen atoms in total. The molecule has 0 N–H and O–H groups in total. The summed E-state index contributed by atoms with van der Waals surface area (Å²) in [4.78, 5) is 2.57. The van der Waals surface area contributed by atoms with Crippen molar-refractivity contribution in [2.24, 2.45) is 5.92 Å². The lowest BCUT2D eigenvalue weighted by Gasteiger charge is -2.29. The number of piperidine rings is 1. The van der Waals surface area contributed by atoms with E-state index in [9.17, 15) is 0 Å². The van der Waals surface area contributed by atoms with Gasteiger partial charge in [0.05, 0.1) is 0 Å². The molecule has 1 heterocycles. The molecule has 0 saturated carbocycles. The highest BCUT2D eigenvalue weighted by atomic mass is 15.1. The lowest BCUT2D eigenvalue weighted by atomic mass is 9.98. The van der Waals surface area contributed by atoms with Gasteiger partial charge in [0.1, 0.15) is 0 Å². The Morgan fingerprint density at radius 2 is 1.57 bits per heavy atom. The van der Waals surface area contributed by atoms with E-state index < -0.39 is 0 Å². The van der Waals surface area contributed by atoms with Gasteiger partial charge in [-0.3, -0.25) is 4.90 Å². The summed E-state index contributed by atoms with van der Waals surface area (Å²) in [6, 6.07) is 19.5. The monoisotopic (exact) mass is 305 g/mol. The number of allylic oxidation sites excluding steroid dienone is 1. The van der Waals surface area contributed by atoms with Crippen LogP contribution in [-0.2, 0) is 0 Å². The molecule has 0 aliphatic carbocycles. The van der Waals surface area contributed by atoms with Crippen LogP contribution < -0.4 is 0 Å². The van der Waals surface area contributed by atoms with Crippen LogP contribution in [-0.4, -0.2) is 24.5 Å². The molecule has 0 aromatic heterocycles. The van der Waals surface area contributed by atoms with Gasteiger partial charge in [-0.25, -0.2) is 0 Å². The fraction of sp³-hybridized carbons (Fsp3) is 0.364. The molecule has 1 aliphatic heterocycles. The minimum absolute atomic E-state index is 0.904. The van der Waals surface area contributed by atoms with Crippen molar-refractivity contribution < 1.29 is 0 Å². The van der Waals surface area contributed by atoms with E-state index in [0.717, 1.165) is 12.5 Å². The zero-order chi connectivity index (χ0) is 16.1. The van der Waals surface area contributed by atoms with Crippen molar-refractivity contribution in [2.75, 3.05) is 19.6 Å². The second-order valence-corrected chi connectivity index (χ2v) is 6.81. The first kappa shape index (κ1) is 16.0. The molecule has 3 rings (SSSR count). The first-order valence-corrected chi connectivity index (χ1v) is 8.77. The highest BCUT2D eigenvalue weighted by molar-refractivity contribution is 5.69. The Hall–Kier alpha value is -1.86. The average Bonchev–Trinajstić information content (AvgIpc) is 2.62. The summed E-state index contributed by atoms with van der Waals surface area (Å²) in [5, 5.41) is 0. The van der Waals surface area contributed by atoms with Crippen molar-refractivity contribution in [3.05, 3.63) is 66.2 Å². The van der Waals surface area contributed by atoms with Gasteiger partial charge in [0.2, 0.25) is 0 Å². The highest BCUT2D eigenvalue weighted by Gasteiger charge is 2.14. The van der Waals surface area contributed by atoms with E-state index >= 15 is 0 Å². The predicted molar refractivity (Wildman–Crippen MR) is 100 cm³/mol. The van der Waals surface area contributed by atoms with Gasteiger partial charge in [-0.2, -0.15) is 0 Å². The van der Waals surface area contributed by atoms with Gasteiger partial charge in [0.15, 0.2) is 0 Å². The Bertz CT molecular complexity index is 631. The Morgan fingerprint density at radius 1 is 0.957 bits per heavy atom. The van der Waals surface area contributed by atoms with Crippen molar-refractivity contribution in [1.82, 2.24) is 4.90 Å². The molecule has 1 aliphatic rings. The summed E-state index contributed by atoms with van der Waals surface area (Å²) in [7, 11) is 0. The van der Waals surface area contributed by atoms with Crippen LogP contribution in [0.5, 0.6) is 0 Å². The molecule has 2 aromatic carbocycles. The Balaban J connectivity index is 1.63. The molecule has 0 spiro atoms. The minimum Gasteiger partial charge on any atom is -0.300 e. The van der Waals surface area contributed by atoms with Crippen LogP contribution in [0.1, 0.15) is 32.3 Å². The van der Waals surface area contributed by atoms with E-state index in [-0.39, 0.29) is 0 Å². The van der Waals surface area contributed by atoms with Crippen molar-refractivity contribution in [3.8, 4) is 11.1 Å². The normalized spacial score (nSPS) is 17.4. The van der Waals surface area contributed by atoms with Gasteiger partial charge in [-0.15, -0.1) is 0 Å². The number of hydrogen-bond donors (Lipinski definition) is 0. The molecule has 23 heavy (non-hydrogen) atoms. The summed E-state index contributed by atoms with van der Waals surface area (Å²) in [5.74, 6) is 0.904. The molecule has 0 atom stereocenters. The quantitative estimate of drug-likeness (QED) is 0.722. The molecule has 120 valence electrons. The summed E-state index contributed by atoms with van der Waals surface area (Å²) in [6.45, 7) is 8.17. The third kappa shape index (κ3) is 4.33. The van der Waals surface area contributed by atoms with Crippen LogP contribution in [0.25, 0.3) is 16.7 Å². The topological polar surface area (TPSA) is 3.24 Å². The summed E-state index contributed by atoms with van der Waals surface area (Å²) in [5.41, 5.74) is 5.27. The number of nitrogens with zero attached hydrogens (tertiary/aromatic N) is 1. The van der Waals surface area contributed by atoms with Crippen LogP contribution in [0.3, 0.4) is 0 Å². The third-order valence-electron chi connectivity index (χ3n) is 4.98. The van der Waals surface area contributed by atoms with Gasteiger partial charge in [0.25, 0.3) is 0 Å². The Morgan fingerprint density at radius 3 is 2.22 bits per heavy atom. The van der Waals surface area contributed by atoms with E-state index in [0.29, 0.717) is 0 Å². The summed E-state index contributed by atoms with van der Waals surface area (Å²) in [6.07, 6.45) is 5.07. The van der Waals surface area contributed by atoms with Crippen LogP contribution in [0, 0.1) is 5.92 Å². The molecule has 0 amide bonds. The summed E-state index contributed by atoms with van der Waals surface area (Å²) >= 11 is 0. The van der Waals surface area contributed by atoms with Gasteiger partial charge < -0.3 is 0 Å². The SMILES string of the molecule is CC(=CCN1CCC(C)CC1)c1ccc(-c2ccccc2)cc1. The second kappa shape index (κ2) is 7.61. The number of likely N-dealkylation sites (tertiary alicyclic amines) is 1. The van der Waals surface area contributed by atoms with Crippen LogP contribution >= 0.6 is 0 Å². The maximum atomic E-state index is 2.57. The molecular weight excluding hydrogens is 278 g/mol. The van der Waals surface area contributed by atoms with Crippen molar-refractivity contribution >= 4 is 5.57 Å². The standard InChI is InChI=1S/C22H27N/c1-18-12-15-23(16-13-18)17-14-19(2)20-8-10-22(11-9-20)21-6-4-3-5-7-21/h3-11,14,18H,12-13,15-17H2,1-2H3. The second-order valence-electron chi connectivity index (χ2n) is 6.81. The molecular formula is C22H27N. The third-order valence-corrected chi connectivity index (χ3v) is 4.98. The predicted octanol–water partition coefficient (Wildman–Crippen LogP) is 5.49. The Kier molecular flexibility index (Phi) is 5.30. The fourth-order valence-corrected chi connectivity index (χ4v) is 3.18. The van der Waals surface area contributed by atoms with Gasteiger partial charge in [0, 0.05) is 6.54 Å². The number of benzene rings is 2. The Labute approximate surface area is 140 Å². The van der Waals surface area contributed by atoms with Crippen molar-refractivity contribution in [3.63, 3.8) is 0 Å². The van der Waals surface area contributed by atoms with Crippen LogP contribution in [0.15, 0.2) is 60.7 Å².